The molecule has 1 N–H and O–H groups in total. The number of methoxy groups -OCH3 is 3. The van der Waals surface area contributed by atoms with Crippen molar-refractivity contribution in [2.45, 2.75) is 0 Å². The van der Waals surface area contributed by atoms with Gasteiger partial charge in [0.2, 0.25) is 5.91 Å². The van der Waals surface area contributed by atoms with Gasteiger partial charge in [0.05, 0.1) is 27.9 Å². The molecule has 0 saturated carbocycles. The van der Waals surface area contributed by atoms with Crippen molar-refractivity contribution >= 4 is 33.9 Å². The van der Waals surface area contributed by atoms with Crippen LogP contribution in [0.3, 0.4) is 0 Å². The molecule has 2 heterocycles. The standard InChI is InChI=1S/C26H29N3O5S/c1-32-20-8-4-18(5-9-20)22-17-35-25(24(22)26(31)34-3)27-23(30)16-28-12-14-29(15-13-28)19-6-10-21(33-2)11-7-19/h4-11,17H,12-16H2,1-3H3,(H,27,30). The van der Waals surface area contributed by atoms with E-state index in [2.05, 4.69) is 15.1 Å². The van der Waals surface area contributed by atoms with Gasteiger partial charge in [0, 0.05) is 42.8 Å². The normalized spacial score (nSPS) is 13.9. The lowest BCUT2D eigenvalue weighted by atomic mass is 10.0. The van der Waals surface area contributed by atoms with E-state index in [9.17, 15) is 9.59 Å². The van der Waals surface area contributed by atoms with E-state index < -0.39 is 5.97 Å². The number of thiophene rings is 1. The van der Waals surface area contributed by atoms with Crippen LogP contribution in [0.5, 0.6) is 11.5 Å². The van der Waals surface area contributed by atoms with Crippen molar-refractivity contribution in [1.82, 2.24) is 4.90 Å². The molecule has 4 rings (SSSR count). The lowest BCUT2D eigenvalue weighted by molar-refractivity contribution is -0.117. The van der Waals surface area contributed by atoms with Crippen LogP contribution in [0.1, 0.15) is 10.4 Å². The van der Waals surface area contributed by atoms with Gasteiger partial charge in [0.25, 0.3) is 0 Å². The van der Waals surface area contributed by atoms with Crippen LogP contribution in [0.4, 0.5) is 10.7 Å². The van der Waals surface area contributed by atoms with Crippen molar-refractivity contribution in [1.29, 1.82) is 0 Å². The average Bonchev–Trinajstić information content (AvgIpc) is 3.32. The molecular formula is C26H29N3O5S. The fourth-order valence-electron chi connectivity index (χ4n) is 4.06. The number of benzene rings is 2. The fourth-order valence-corrected chi connectivity index (χ4v) is 5.04. The van der Waals surface area contributed by atoms with Crippen LogP contribution in [0, 0.1) is 0 Å². The van der Waals surface area contributed by atoms with Crippen molar-refractivity contribution in [2.24, 2.45) is 0 Å². The molecular weight excluding hydrogens is 466 g/mol. The third-order valence-corrected chi connectivity index (χ3v) is 6.91. The van der Waals surface area contributed by atoms with Gasteiger partial charge >= 0.3 is 5.97 Å². The Morgan fingerprint density at radius 3 is 2.06 bits per heavy atom. The average molecular weight is 496 g/mol. The van der Waals surface area contributed by atoms with Gasteiger partial charge in [0.1, 0.15) is 22.1 Å². The maximum Gasteiger partial charge on any atom is 0.341 e. The third-order valence-electron chi connectivity index (χ3n) is 6.01. The van der Waals surface area contributed by atoms with Crippen LogP contribution in [0.25, 0.3) is 11.1 Å². The second-order valence-corrected chi connectivity index (χ2v) is 8.96. The van der Waals surface area contributed by atoms with Gasteiger partial charge in [-0.05, 0) is 42.0 Å². The molecule has 0 atom stereocenters. The molecule has 1 aliphatic rings. The molecule has 0 spiro atoms. The minimum absolute atomic E-state index is 0.156. The second kappa shape index (κ2) is 11.2. The number of hydrogen-bond donors (Lipinski definition) is 1. The molecule has 0 radical (unpaired) electrons. The topological polar surface area (TPSA) is 80.3 Å². The van der Waals surface area contributed by atoms with Gasteiger partial charge in [0.15, 0.2) is 0 Å². The molecule has 9 heteroatoms. The second-order valence-electron chi connectivity index (χ2n) is 8.08. The van der Waals surface area contributed by atoms with E-state index >= 15 is 0 Å². The Morgan fingerprint density at radius 1 is 0.886 bits per heavy atom. The van der Waals surface area contributed by atoms with Crippen LogP contribution in [-0.4, -0.2) is 70.8 Å². The van der Waals surface area contributed by atoms with Crippen LogP contribution < -0.4 is 19.7 Å². The number of carbonyl (C=O) groups is 2. The highest BCUT2D eigenvalue weighted by Gasteiger charge is 2.24. The number of carbonyl (C=O) groups excluding carboxylic acids is 2. The van der Waals surface area contributed by atoms with E-state index in [1.54, 1.807) is 14.2 Å². The summed E-state index contributed by atoms with van der Waals surface area (Å²) in [6, 6.07) is 15.4. The molecule has 1 fully saturated rings. The lowest BCUT2D eigenvalue weighted by Gasteiger charge is -2.35. The molecule has 1 aromatic heterocycles. The summed E-state index contributed by atoms with van der Waals surface area (Å²) < 4.78 is 15.5. The summed E-state index contributed by atoms with van der Waals surface area (Å²) >= 11 is 1.31. The van der Waals surface area contributed by atoms with Crippen molar-refractivity contribution < 1.29 is 23.8 Å². The zero-order valence-electron chi connectivity index (χ0n) is 20.1. The summed E-state index contributed by atoms with van der Waals surface area (Å²) in [6.07, 6.45) is 0. The Morgan fingerprint density at radius 2 is 1.49 bits per heavy atom. The third kappa shape index (κ3) is 5.75. The highest BCUT2D eigenvalue weighted by molar-refractivity contribution is 7.15. The molecule has 35 heavy (non-hydrogen) atoms. The molecule has 1 saturated heterocycles. The first-order valence-electron chi connectivity index (χ1n) is 11.3. The van der Waals surface area contributed by atoms with Crippen molar-refractivity contribution in [2.75, 3.05) is 64.3 Å². The van der Waals surface area contributed by atoms with E-state index in [0.29, 0.717) is 16.1 Å². The number of piperazine rings is 1. The van der Waals surface area contributed by atoms with Gasteiger partial charge in [-0.1, -0.05) is 12.1 Å². The maximum atomic E-state index is 12.9. The maximum absolute atomic E-state index is 12.9. The minimum Gasteiger partial charge on any atom is -0.497 e. The zero-order chi connectivity index (χ0) is 24.8. The van der Waals surface area contributed by atoms with Crippen molar-refractivity contribution in [3.05, 3.63) is 59.5 Å². The molecule has 0 unspecified atom stereocenters. The number of ether oxygens (including phenoxy) is 3. The van der Waals surface area contributed by atoms with Crippen molar-refractivity contribution in [3.63, 3.8) is 0 Å². The van der Waals surface area contributed by atoms with Crippen LogP contribution in [0.15, 0.2) is 53.9 Å². The molecule has 184 valence electrons. The molecule has 1 aliphatic heterocycles. The van der Waals surface area contributed by atoms with Gasteiger partial charge in [-0.15, -0.1) is 11.3 Å². The van der Waals surface area contributed by atoms with E-state index in [-0.39, 0.29) is 12.5 Å². The molecule has 1 amide bonds. The molecule has 3 aromatic rings. The Bertz CT molecular complexity index is 1150. The Balaban J connectivity index is 1.39. The number of nitrogens with zero attached hydrogens (tertiary/aromatic N) is 2. The van der Waals surface area contributed by atoms with E-state index in [0.717, 1.165) is 48.9 Å². The summed E-state index contributed by atoms with van der Waals surface area (Å²) in [5.41, 5.74) is 3.06. The first-order valence-corrected chi connectivity index (χ1v) is 12.2. The Hall–Kier alpha value is -3.56. The molecule has 0 bridgehead atoms. The van der Waals surface area contributed by atoms with E-state index in [1.165, 1.54) is 18.4 Å². The molecule has 0 aliphatic carbocycles. The Labute approximate surface area is 209 Å². The summed E-state index contributed by atoms with van der Waals surface area (Å²) in [7, 11) is 4.60. The zero-order valence-corrected chi connectivity index (χ0v) is 20.9. The van der Waals surface area contributed by atoms with E-state index in [4.69, 9.17) is 14.2 Å². The SMILES string of the molecule is COC(=O)c1c(-c2ccc(OC)cc2)csc1NC(=O)CN1CCN(c2ccc(OC)cc2)CC1. The van der Waals surface area contributed by atoms with Gasteiger partial charge in [-0.25, -0.2) is 4.79 Å². The van der Waals surface area contributed by atoms with Crippen LogP contribution in [-0.2, 0) is 9.53 Å². The summed E-state index contributed by atoms with van der Waals surface area (Å²) in [6.45, 7) is 3.45. The number of esters is 1. The number of hydrogen-bond acceptors (Lipinski definition) is 8. The predicted molar refractivity (Wildman–Crippen MR) is 138 cm³/mol. The lowest BCUT2D eigenvalue weighted by Crippen LogP contribution is -2.48. The first kappa shape index (κ1) is 24.6. The first-order chi connectivity index (χ1) is 17.0. The predicted octanol–water partition coefficient (Wildman–Crippen LogP) is 3.98. The monoisotopic (exact) mass is 495 g/mol. The summed E-state index contributed by atoms with van der Waals surface area (Å²) in [4.78, 5) is 29.8. The van der Waals surface area contributed by atoms with Crippen molar-refractivity contribution in [3.8, 4) is 22.6 Å². The van der Waals surface area contributed by atoms with Crippen LogP contribution in [0.2, 0.25) is 0 Å². The van der Waals surface area contributed by atoms with Gasteiger partial charge in [-0.2, -0.15) is 0 Å². The quantitative estimate of drug-likeness (QED) is 0.474. The van der Waals surface area contributed by atoms with Gasteiger partial charge in [-0.3, -0.25) is 9.69 Å². The number of amides is 1. The number of nitrogens with one attached hydrogen (secondary N) is 1. The molecule has 8 nitrogen and oxygen atoms in total. The van der Waals surface area contributed by atoms with E-state index in [1.807, 2.05) is 53.9 Å². The Kier molecular flexibility index (Phi) is 7.89. The fraction of sp³-hybridized carbons (Fsp3) is 0.308. The largest absolute Gasteiger partial charge is 0.497 e. The minimum atomic E-state index is -0.486. The summed E-state index contributed by atoms with van der Waals surface area (Å²) in [5, 5.41) is 5.27. The number of anilines is 2. The highest BCUT2D eigenvalue weighted by Crippen LogP contribution is 2.36. The number of rotatable bonds is 8. The smallest absolute Gasteiger partial charge is 0.341 e. The van der Waals surface area contributed by atoms with Gasteiger partial charge < -0.3 is 24.4 Å². The highest BCUT2D eigenvalue weighted by atomic mass is 32.1. The summed E-state index contributed by atoms with van der Waals surface area (Å²) in [5.74, 6) is 0.917. The van der Waals surface area contributed by atoms with Crippen LogP contribution >= 0.6 is 11.3 Å². The molecule has 2 aromatic carbocycles.